The van der Waals surface area contributed by atoms with Crippen molar-refractivity contribution in [2.24, 2.45) is 0 Å². The third-order valence-electron chi connectivity index (χ3n) is 11.6. The molecule has 0 aliphatic carbocycles. The molecule has 0 N–H and O–H groups in total. The van der Waals surface area contributed by atoms with Crippen LogP contribution in [0.5, 0.6) is 0 Å². The summed E-state index contributed by atoms with van der Waals surface area (Å²) in [6.45, 7) is 0. The molecule has 0 spiro atoms. The van der Waals surface area contributed by atoms with E-state index in [1.54, 1.807) is 0 Å². The number of nitrogens with zero attached hydrogens (tertiary/aromatic N) is 3. The summed E-state index contributed by atoms with van der Waals surface area (Å²) in [6, 6.07) is 73.1. The molecule has 3 aromatic heterocycles. The first kappa shape index (κ1) is 30.1. The molecule has 12 aromatic rings. The van der Waals surface area contributed by atoms with Gasteiger partial charge in [-0.3, -0.25) is 0 Å². The fraction of sp³-hybridized carbons (Fsp3) is 0. The first-order valence-corrected chi connectivity index (χ1v) is 18.9. The van der Waals surface area contributed by atoms with E-state index in [4.69, 9.17) is 0 Å². The van der Waals surface area contributed by atoms with Crippen molar-refractivity contribution < 1.29 is 0 Å². The van der Waals surface area contributed by atoms with E-state index < -0.39 is 0 Å². The van der Waals surface area contributed by atoms with Crippen LogP contribution < -0.4 is 0 Å². The molecule has 0 aliphatic rings. The van der Waals surface area contributed by atoms with E-state index in [1.807, 2.05) is 0 Å². The van der Waals surface area contributed by atoms with E-state index in [0.717, 1.165) is 11.4 Å². The Balaban J connectivity index is 1.10. The fourth-order valence-electron chi connectivity index (χ4n) is 9.29. The topological polar surface area (TPSA) is 14.8 Å². The van der Waals surface area contributed by atoms with Crippen LogP contribution in [0.3, 0.4) is 0 Å². The van der Waals surface area contributed by atoms with Crippen molar-refractivity contribution >= 4 is 76.2 Å². The summed E-state index contributed by atoms with van der Waals surface area (Å²) < 4.78 is 7.31. The van der Waals surface area contributed by atoms with Gasteiger partial charge in [0.1, 0.15) is 0 Å². The van der Waals surface area contributed by atoms with Crippen LogP contribution >= 0.6 is 0 Å². The summed E-state index contributed by atoms with van der Waals surface area (Å²) in [5.74, 6) is 0. The summed E-state index contributed by atoms with van der Waals surface area (Å²) in [5.41, 5.74) is 13.1. The minimum Gasteiger partial charge on any atom is -0.309 e. The molecule has 12 rings (SSSR count). The number of para-hydroxylation sites is 4. The highest BCUT2D eigenvalue weighted by molar-refractivity contribution is 6.29. The molecule has 0 aliphatic heterocycles. The Morgan fingerprint density at radius 3 is 1.53 bits per heavy atom. The predicted molar refractivity (Wildman–Crippen MR) is 232 cm³/mol. The smallest absolute Gasteiger partial charge is 0.0549 e. The highest BCUT2D eigenvalue weighted by Gasteiger charge is 2.21. The summed E-state index contributed by atoms with van der Waals surface area (Å²) in [7, 11) is 0. The minimum absolute atomic E-state index is 1.14. The molecule has 9 aromatic carbocycles. The second-order valence-corrected chi connectivity index (χ2v) is 14.5. The highest BCUT2D eigenvalue weighted by atomic mass is 15.0. The van der Waals surface area contributed by atoms with Crippen molar-refractivity contribution in [2.75, 3.05) is 0 Å². The van der Waals surface area contributed by atoms with E-state index in [-0.39, 0.29) is 0 Å². The van der Waals surface area contributed by atoms with Crippen LogP contribution in [0.2, 0.25) is 0 Å². The van der Waals surface area contributed by atoms with Crippen LogP contribution in [0.15, 0.2) is 200 Å². The minimum atomic E-state index is 1.14. The lowest BCUT2D eigenvalue weighted by molar-refractivity contribution is 1.17. The Labute approximate surface area is 317 Å². The maximum absolute atomic E-state index is 2.46. The van der Waals surface area contributed by atoms with Gasteiger partial charge in [-0.15, -0.1) is 0 Å². The molecule has 0 amide bonds. The number of aromatic nitrogens is 3. The molecule has 55 heavy (non-hydrogen) atoms. The van der Waals surface area contributed by atoms with Gasteiger partial charge in [-0.2, -0.15) is 0 Å². The quantitative estimate of drug-likeness (QED) is 0.174. The number of hydrogen-bond donors (Lipinski definition) is 0. The number of fused-ring (bicyclic) bond motifs is 11. The van der Waals surface area contributed by atoms with Gasteiger partial charge in [0, 0.05) is 49.1 Å². The second-order valence-electron chi connectivity index (χ2n) is 14.5. The lowest BCUT2D eigenvalue weighted by atomic mass is 10.0. The van der Waals surface area contributed by atoms with Crippen molar-refractivity contribution in [3.63, 3.8) is 0 Å². The highest BCUT2D eigenvalue weighted by Crippen LogP contribution is 2.43. The monoisotopic (exact) mass is 699 g/mol. The van der Waals surface area contributed by atoms with E-state index in [0.29, 0.717) is 0 Å². The molecule has 0 bridgehead atoms. The van der Waals surface area contributed by atoms with Crippen molar-refractivity contribution in [3.05, 3.63) is 200 Å². The maximum atomic E-state index is 2.46. The molecule has 3 heteroatoms. The lowest BCUT2D eigenvalue weighted by Crippen LogP contribution is -1.96. The Hall–Kier alpha value is -7.36. The second kappa shape index (κ2) is 11.6. The van der Waals surface area contributed by atoms with Gasteiger partial charge in [-0.25, -0.2) is 0 Å². The van der Waals surface area contributed by atoms with Gasteiger partial charge in [0.2, 0.25) is 0 Å². The van der Waals surface area contributed by atoms with E-state index in [1.165, 1.54) is 93.0 Å². The van der Waals surface area contributed by atoms with Gasteiger partial charge in [-0.1, -0.05) is 133 Å². The molecule has 0 fully saturated rings. The fourth-order valence-corrected chi connectivity index (χ4v) is 9.29. The lowest BCUT2D eigenvalue weighted by Gasteiger charge is -2.12. The van der Waals surface area contributed by atoms with Gasteiger partial charge < -0.3 is 13.7 Å². The largest absolute Gasteiger partial charge is 0.309 e. The number of hydrogen-bond acceptors (Lipinski definition) is 0. The molecule has 0 saturated heterocycles. The average molecular weight is 700 g/mol. The van der Waals surface area contributed by atoms with Crippen molar-refractivity contribution in [1.82, 2.24) is 13.7 Å². The van der Waals surface area contributed by atoms with Gasteiger partial charge in [0.15, 0.2) is 0 Å². The molecule has 0 saturated carbocycles. The number of rotatable bonds is 4. The van der Waals surface area contributed by atoms with Crippen molar-refractivity contribution in [1.29, 1.82) is 0 Å². The average Bonchev–Trinajstić information content (AvgIpc) is 3.89. The zero-order valence-electron chi connectivity index (χ0n) is 29.9. The standard InChI is InChI=1S/C52H33N3/c1-2-17-37(18-3-1)53-45-24-9-6-21-40(45)41-29-28-36(33-50(41)53)35-16-12-19-38(32-35)54-46-25-10-7-22-42(46)51-48(54)30-31-49-52(51)43-23-8-11-26-47(43)55(49)44-27-13-15-34-14-4-5-20-39(34)44/h1-33H. The van der Waals surface area contributed by atoms with Gasteiger partial charge in [0.05, 0.1) is 38.8 Å². The molecule has 3 nitrogen and oxygen atoms in total. The first-order chi connectivity index (χ1) is 27.3. The first-order valence-electron chi connectivity index (χ1n) is 18.9. The Morgan fingerprint density at radius 2 is 0.764 bits per heavy atom. The summed E-state index contributed by atoms with van der Waals surface area (Å²) in [6.07, 6.45) is 0. The van der Waals surface area contributed by atoms with Crippen LogP contribution in [0.4, 0.5) is 0 Å². The Morgan fingerprint density at radius 1 is 0.255 bits per heavy atom. The third-order valence-corrected chi connectivity index (χ3v) is 11.6. The summed E-state index contributed by atoms with van der Waals surface area (Å²) in [4.78, 5) is 0. The third kappa shape index (κ3) is 4.32. The molecule has 3 heterocycles. The molecule has 0 unspecified atom stereocenters. The van der Waals surface area contributed by atoms with Gasteiger partial charge in [-0.05, 0) is 83.2 Å². The van der Waals surface area contributed by atoms with E-state index in [2.05, 4.69) is 214 Å². The molecule has 0 radical (unpaired) electrons. The SMILES string of the molecule is c1ccc(-n2c3ccccc3c3ccc(-c4cccc(-n5c6ccccc6c6c7c8ccccc8n(-c8cccc9ccccc89)c7ccc65)c4)cc32)cc1. The van der Waals surface area contributed by atoms with Crippen LogP contribution in [0.25, 0.3) is 104 Å². The Bertz CT molecular complexity index is 3480. The zero-order valence-corrected chi connectivity index (χ0v) is 29.9. The van der Waals surface area contributed by atoms with Crippen LogP contribution in [-0.2, 0) is 0 Å². The van der Waals surface area contributed by atoms with Crippen molar-refractivity contribution in [2.45, 2.75) is 0 Å². The molecular weight excluding hydrogens is 667 g/mol. The van der Waals surface area contributed by atoms with E-state index in [9.17, 15) is 0 Å². The predicted octanol–water partition coefficient (Wildman–Crippen LogP) is 13.8. The van der Waals surface area contributed by atoms with Gasteiger partial charge in [0.25, 0.3) is 0 Å². The zero-order chi connectivity index (χ0) is 36.0. The molecular formula is C52H33N3. The van der Waals surface area contributed by atoms with Crippen LogP contribution in [-0.4, -0.2) is 13.7 Å². The molecule has 256 valence electrons. The van der Waals surface area contributed by atoms with Crippen LogP contribution in [0, 0.1) is 0 Å². The normalized spacial score (nSPS) is 12.0. The Kier molecular flexibility index (Phi) is 6.34. The summed E-state index contributed by atoms with van der Waals surface area (Å²) in [5, 5.41) is 10.1. The summed E-state index contributed by atoms with van der Waals surface area (Å²) >= 11 is 0. The maximum Gasteiger partial charge on any atom is 0.0549 e. The molecule has 0 atom stereocenters. The number of benzene rings is 9. The van der Waals surface area contributed by atoms with Gasteiger partial charge >= 0.3 is 0 Å². The van der Waals surface area contributed by atoms with E-state index >= 15 is 0 Å². The van der Waals surface area contributed by atoms with Crippen molar-refractivity contribution in [3.8, 4) is 28.2 Å². The van der Waals surface area contributed by atoms with Crippen LogP contribution in [0.1, 0.15) is 0 Å².